The van der Waals surface area contributed by atoms with Gasteiger partial charge in [0.2, 0.25) is 0 Å². The van der Waals surface area contributed by atoms with Crippen molar-refractivity contribution in [3.05, 3.63) is 89.6 Å². The standard InChI is InChI=1S/C20H17N3O2/c1-14-8-2-3-9-15(14)19(24)22-17-11-5-4-10-16(17)20(25)23-18-12-6-7-13-21-18/h2-13H,1H3,(H,22,24)(H,21,23,25). The molecule has 0 saturated heterocycles. The number of carbonyl (C=O) groups excluding carboxylic acids is 2. The minimum absolute atomic E-state index is 0.254. The van der Waals surface area contributed by atoms with Crippen LogP contribution in [0.25, 0.3) is 0 Å². The number of anilines is 2. The molecule has 0 aliphatic carbocycles. The van der Waals surface area contributed by atoms with Gasteiger partial charge in [-0.1, -0.05) is 36.4 Å². The van der Waals surface area contributed by atoms with Crippen molar-refractivity contribution in [2.75, 3.05) is 10.6 Å². The fourth-order valence-electron chi connectivity index (χ4n) is 2.43. The average molecular weight is 331 g/mol. The maximum absolute atomic E-state index is 12.5. The molecule has 0 atom stereocenters. The van der Waals surface area contributed by atoms with E-state index in [0.29, 0.717) is 22.6 Å². The van der Waals surface area contributed by atoms with E-state index in [0.717, 1.165) is 5.56 Å². The predicted octanol–water partition coefficient (Wildman–Crippen LogP) is 3.89. The number of nitrogens with zero attached hydrogens (tertiary/aromatic N) is 1. The molecule has 0 spiro atoms. The number of para-hydroxylation sites is 1. The molecule has 0 saturated carbocycles. The predicted molar refractivity (Wildman–Crippen MR) is 97.8 cm³/mol. The molecular weight excluding hydrogens is 314 g/mol. The van der Waals surface area contributed by atoms with Gasteiger partial charge in [0.05, 0.1) is 11.3 Å². The number of benzene rings is 2. The SMILES string of the molecule is Cc1ccccc1C(=O)Nc1ccccc1C(=O)Nc1ccccn1. The van der Waals surface area contributed by atoms with E-state index in [9.17, 15) is 9.59 Å². The first-order valence-corrected chi connectivity index (χ1v) is 7.83. The number of aromatic nitrogens is 1. The van der Waals surface area contributed by atoms with Crippen molar-refractivity contribution in [1.29, 1.82) is 0 Å². The summed E-state index contributed by atoms with van der Waals surface area (Å²) < 4.78 is 0. The zero-order valence-electron chi connectivity index (χ0n) is 13.7. The van der Waals surface area contributed by atoms with E-state index in [4.69, 9.17) is 0 Å². The van der Waals surface area contributed by atoms with Crippen molar-refractivity contribution in [1.82, 2.24) is 4.98 Å². The molecule has 0 aliphatic rings. The molecule has 2 N–H and O–H groups in total. The Morgan fingerprint density at radius 2 is 1.40 bits per heavy atom. The third-order valence-corrected chi connectivity index (χ3v) is 3.72. The Bertz CT molecular complexity index is 908. The lowest BCUT2D eigenvalue weighted by Gasteiger charge is -2.12. The summed E-state index contributed by atoms with van der Waals surface area (Å²) in [6, 6.07) is 19.4. The highest BCUT2D eigenvalue weighted by Gasteiger charge is 2.15. The van der Waals surface area contributed by atoms with Gasteiger partial charge in [0.25, 0.3) is 11.8 Å². The smallest absolute Gasteiger partial charge is 0.258 e. The normalized spacial score (nSPS) is 10.1. The maximum atomic E-state index is 12.5. The Morgan fingerprint density at radius 1 is 0.760 bits per heavy atom. The van der Waals surface area contributed by atoms with Crippen molar-refractivity contribution in [2.24, 2.45) is 0 Å². The van der Waals surface area contributed by atoms with Gasteiger partial charge in [0, 0.05) is 11.8 Å². The van der Waals surface area contributed by atoms with Crippen LogP contribution in [0, 0.1) is 6.92 Å². The van der Waals surface area contributed by atoms with Crippen LogP contribution in [0.1, 0.15) is 26.3 Å². The number of aryl methyl sites for hydroxylation is 1. The van der Waals surface area contributed by atoms with E-state index in [1.165, 1.54) is 0 Å². The molecule has 5 heteroatoms. The number of pyridine rings is 1. The lowest BCUT2D eigenvalue weighted by molar-refractivity contribution is 0.102. The summed E-state index contributed by atoms with van der Waals surface area (Å²) in [4.78, 5) is 29.1. The molecule has 2 aromatic carbocycles. The zero-order valence-corrected chi connectivity index (χ0v) is 13.7. The minimum Gasteiger partial charge on any atom is -0.321 e. The molecule has 0 fully saturated rings. The van der Waals surface area contributed by atoms with Crippen LogP contribution in [-0.4, -0.2) is 16.8 Å². The van der Waals surface area contributed by atoms with Crippen molar-refractivity contribution in [3.8, 4) is 0 Å². The van der Waals surface area contributed by atoms with Crippen LogP contribution >= 0.6 is 0 Å². The number of hydrogen-bond acceptors (Lipinski definition) is 3. The number of amides is 2. The molecule has 1 heterocycles. The summed E-state index contributed by atoms with van der Waals surface area (Å²) in [5.74, 6) is -0.136. The van der Waals surface area contributed by atoms with Gasteiger partial charge >= 0.3 is 0 Å². The average Bonchev–Trinajstić information content (AvgIpc) is 2.63. The fourth-order valence-corrected chi connectivity index (χ4v) is 2.43. The van der Waals surface area contributed by atoms with Gasteiger partial charge in [-0.3, -0.25) is 9.59 Å². The van der Waals surface area contributed by atoms with Crippen molar-refractivity contribution in [3.63, 3.8) is 0 Å². The highest BCUT2D eigenvalue weighted by Crippen LogP contribution is 2.18. The Balaban J connectivity index is 1.82. The Labute approximate surface area is 145 Å². The minimum atomic E-state index is -0.334. The maximum Gasteiger partial charge on any atom is 0.258 e. The zero-order chi connectivity index (χ0) is 17.6. The number of carbonyl (C=O) groups is 2. The summed E-state index contributed by atoms with van der Waals surface area (Å²) in [6.45, 7) is 1.87. The van der Waals surface area contributed by atoms with Crippen LogP contribution in [0.15, 0.2) is 72.9 Å². The molecule has 3 aromatic rings. The first-order valence-electron chi connectivity index (χ1n) is 7.83. The summed E-state index contributed by atoms with van der Waals surface area (Å²) in [7, 11) is 0. The van der Waals surface area contributed by atoms with Crippen LogP contribution < -0.4 is 10.6 Å². The van der Waals surface area contributed by atoms with E-state index in [1.807, 2.05) is 25.1 Å². The van der Waals surface area contributed by atoms with Crippen LogP contribution in [-0.2, 0) is 0 Å². The van der Waals surface area contributed by atoms with Crippen molar-refractivity contribution < 1.29 is 9.59 Å². The van der Waals surface area contributed by atoms with Gasteiger partial charge < -0.3 is 10.6 Å². The van der Waals surface area contributed by atoms with E-state index in [-0.39, 0.29) is 11.8 Å². The second kappa shape index (κ2) is 7.40. The van der Waals surface area contributed by atoms with E-state index < -0.39 is 0 Å². The molecule has 25 heavy (non-hydrogen) atoms. The topological polar surface area (TPSA) is 71.1 Å². The molecule has 0 unspecified atom stereocenters. The number of rotatable bonds is 4. The van der Waals surface area contributed by atoms with Gasteiger partial charge in [-0.15, -0.1) is 0 Å². The van der Waals surface area contributed by atoms with Crippen LogP contribution in [0.3, 0.4) is 0 Å². The number of nitrogens with one attached hydrogen (secondary N) is 2. The highest BCUT2D eigenvalue weighted by atomic mass is 16.2. The number of hydrogen-bond donors (Lipinski definition) is 2. The van der Waals surface area contributed by atoms with Gasteiger partial charge in [-0.2, -0.15) is 0 Å². The molecule has 0 bridgehead atoms. The molecular formula is C20H17N3O2. The molecule has 3 rings (SSSR count). The summed E-state index contributed by atoms with van der Waals surface area (Å²) in [6.07, 6.45) is 1.60. The van der Waals surface area contributed by atoms with Gasteiger partial charge in [0.1, 0.15) is 5.82 Å². The molecule has 2 amide bonds. The van der Waals surface area contributed by atoms with E-state index in [2.05, 4.69) is 15.6 Å². The summed E-state index contributed by atoms with van der Waals surface area (Å²) >= 11 is 0. The summed E-state index contributed by atoms with van der Waals surface area (Å²) in [5, 5.41) is 5.54. The van der Waals surface area contributed by atoms with Crippen LogP contribution in [0.5, 0.6) is 0 Å². The molecule has 5 nitrogen and oxygen atoms in total. The van der Waals surface area contributed by atoms with Gasteiger partial charge in [-0.05, 0) is 42.8 Å². The quantitative estimate of drug-likeness (QED) is 0.762. The summed E-state index contributed by atoms with van der Waals surface area (Å²) in [5.41, 5.74) is 2.26. The van der Waals surface area contributed by atoms with Crippen molar-refractivity contribution >= 4 is 23.3 Å². The van der Waals surface area contributed by atoms with Crippen LogP contribution in [0.2, 0.25) is 0 Å². The third kappa shape index (κ3) is 3.90. The molecule has 1 aromatic heterocycles. The van der Waals surface area contributed by atoms with E-state index in [1.54, 1.807) is 54.7 Å². The lowest BCUT2D eigenvalue weighted by Crippen LogP contribution is -2.19. The van der Waals surface area contributed by atoms with Crippen LogP contribution in [0.4, 0.5) is 11.5 Å². The van der Waals surface area contributed by atoms with Gasteiger partial charge in [0.15, 0.2) is 0 Å². The molecule has 124 valence electrons. The van der Waals surface area contributed by atoms with Crippen molar-refractivity contribution in [2.45, 2.75) is 6.92 Å². The first kappa shape index (κ1) is 16.4. The largest absolute Gasteiger partial charge is 0.321 e. The molecule has 0 radical (unpaired) electrons. The first-order chi connectivity index (χ1) is 12.1. The highest BCUT2D eigenvalue weighted by molar-refractivity contribution is 6.12. The Kier molecular flexibility index (Phi) is 4.85. The monoisotopic (exact) mass is 331 g/mol. The fraction of sp³-hybridized carbons (Fsp3) is 0.0500. The van der Waals surface area contributed by atoms with E-state index >= 15 is 0 Å². The van der Waals surface area contributed by atoms with Gasteiger partial charge in [-0.25, -0.2) is 4.98 Å². The second-order valence-electron chi connectivity index (χ2n) is 5.48. The third-order valence-electron chi connectivity index (χ3n) is 3.72. The Hall–Kier alpha value is -3.47. The molecule has 0 aliphatic heterocycles. The lowest BCUT2D eigenvalue weighted by atomic mass is 10.1. The second-order valence-corrected chi connectivity index (χ2v) is 5.48. The Morgan fingerprint density at radius 3 is 2.12 bits per heavy atom.